The molecule has 2 aliphatic rings. The van der Waals surface area contributed by atoms with Gasteiger partial charge in [0.2, 0.25) is 10.0 Å². The quantitative estimate of drug-likeness (QED) is 0.746. The fourth-order valence-corrected chi connectivity index (χ4v) is 6.05. The predicted octanol–water partition coefficient (Wildman–Crippen LogP) is 1.28. The molecule has 6 nitrogen and oxygen atoms in total. The van der Waals surface area contributed by atoms with Crippen molar-refractivity contribution in [1.29, 1.82) is 0 Å². The number of carbonyl (C=O) groups is 1. The van der Waals surface area contributed by atoms with Gasteiger partial charge in [0.05, 0.1) is 31.1 Å². The Morgan fingerprint density at radius 2 is 1.86 bits per heavy atom. The molecule has 8 heteroatoms. The number of hydrogen-bond acceptors (Lipinski definition) is 3. The summed E-state index contributed by atoms with van der Waals surface area (Å²) in [4.78, 5) is 16.2. The number of piperazine rings is 1. The number of hydrogen-bond donors (Lipinski definition) is 1. The Kier molecular flexibility index (Phi) is 7.29. The third-order valence-corrected chi connectivity index (χ3v) is 7.97. The summed E-state index contributed by atoms with van der Waals surface area (Å²) in [6.45, 7) is 6.39. The lowest BCUT2D eigenvalue weighted by Crippen LogP contribution is -3.15. The van der Waals surface area contributed by atoms with Crippen LogP contribution in [-0.4, -0.2) is 68.3 Å². The molecule has 0 radical (unpaired) electrons. The van der Waals surface area contributed by atoms with E-state index in [0.717, 1.165) is 23.8 Å². The molecule has 1 aliphatic heterocycles. The maximum atomic E-state index is 13.4. The number of sulfonamides is 1. The van der Waals surface area contributed by atoms with E-state index in [4.69, 9.17) is 0 Å². The van der Waals surface area contributed by atoms with Gasteiger partial charge >= 0.3 is 0 Å². The SMILES string of the molecule is CC(C)N(C(=O)C[NH+]1CCN(S(=O)(=O)c2cccc(F)c2)CC1)C1CCCCC1. The molecule has 1 heterocycles. The van der Waals surface area contributed by atoms with Crippen LogP contribution in [0.1, 0.15) is 46.0 Å². The van der Waals surface area contributed by atoms with Crippen LogP contribution >= 0.6 is 0 Å². The molecule has 0 unspecified atom stereocenters. The molecular formula is C21H33FN3O3S+. The highest BCUT2D eigenvalue weighted by Crippen LogP contribution is 2.24. The summed E-state index contributed by atoms with van der Waals surface area (Å²) in [5.74, 6) is -0.388. The summed E-state index contributed by atoms with van der Waals surface area (Å²) >= 11 is 0. The van der Waals surface area contributed by atoms with Crippen LogP contribution in [0.4, 0.5) is 4.39 Å². The summed E-state index contributed by atoms with van der Waals surface area (Å²) in [7, 11) is -3.70. The van der Waals surface area contributed by atoms with E-state index in [-0.39, 0.29) is 16.8 Å². The van der Waals surface area contributed by atoms with Crippen LogP contribution in [0.2, 0.25) is 0 Å². The van der Waals surface area contributed by atoms with Crippen LogP contribution < -0.4 is 4.90 Å². The zero-order chi connectivity index (χ0) is 21.0. The topological polar surface area (TPSA) is 62.1 Å². The van der Waals surface area contributed by atoms with Crippen LogP contribution in [0, 0.1) is 5.82 Å². The smallest absolute Gasteiger partial charge is 0.278 e. The standard InChI is InChI=1S/C21H32FN3O3S/c1-17(2)25(19-8-4-3-5-9-19)21(26)16-23-11-13-24(14-12-23)29(27,28)20-10-6-7-18(22)15-20/h6-7,10,15,17,19H,3-5,8-9,11-14,16H2,1-2H3/p+1. The average Bonchev–Trinajstić information content (AvgIpc) is 2.69. The van der Waals surface area contributed by atoms with Gasteiger partial charge < -0.3 is 9.80 Å². The number of carbonyl (C=O) groups excluding carboxylic acids is 1. The molecule has 0 bridgehead atoms. The van der Waals surface area contributed by atoms with Crippen molar-refractivity contribution in [2.45, 2.75) is 62.9 Å². The van der Waals surface area contributed by atoms with Crippen LogP contribution in [0.5, 0.6) is 0 Å². The normalized spacial score (nSPS) is 20.1. The van der Waals surface area contributed by atoms with E-state index in [1.165, 1.54) is 41.8 Å². The number of nitrogens with zero attached hydrogens (tertiary/aromatic N) is 2. The lowest BCUT2D eigenvalue weighted by Gasteiger charge is -2.38. The van der Waals surface area contributed by atoms with Gasteiger partial charge in [-0.25, -0.2) is 12.8 Å². The van der Waals surface area contributed by atoms with Gasteiger partial charge in [0.25, 0.3) is 5.91 Å². The zero-order valence-corrected chi connectivity index (χ0v) is 18.3. The summed E-state index contributed by atoms with van der Waals surface area (Å²) < 4.78 is 40.3. The second-order valence-electron chi connectivity index (χ2n) is 8.47. The van der Waals surface area contributed by atoms with Crippen molar-refractivity contribution in [3.05, 3.63) is 30.1 Å². The van der Waals surface area contributed by atoms with E-state index in [1.807, 2.05) is 0 Å². The van der Waals surface area contributed by atoms with E-state index >= 15 is 0 Å². The number of nitrogens with one attached hydrogen (secondary N) is 1. The molecule has 0 spiro atoms. The first-order valence-electron chi connectivity index (χ1n) is 10.7. The van der Waals surface area contributed by atoms with E-state index in [9.17, 15) is 17.6 Å². The molecule has 1 N–H and O–H groups in total. The third kappa shape index (κ3) is 5.35. The molecule has 0 aromatic heterocycles. The Labute approximate surface area is 173 Å². The predicted molar refractivity (Wildman–Crippen MR) is 110 cm³/mol. The van der Waals surface area contributed by atoms with Crippen LogP contribution in [-0.2, 0) is 14.8 Å². The number of quaternary nitrogens is 1. The highest BCUT2D eigenvalue weighted by Gasteiger charge is 2.34. The Bertz CT molecular complexity index is 801. The molecule has 1 aromatic carbocycles. The maximum absolute atomic E-state index is 13.4. The summed E-state index contributed by atoms with van der Waals surface area (Å²) in [5.41, 5.74) is 0. The second kappa shape index (κ2) is 9.53. The van der Waals surface area contributed by atoms with Crippen LogP contribution in [0.15, 0.2) is 29.2 Å². The van der Waals surface area contributed by atoms with Crippen molar-refractivity contribution in [1.82, 2.24) is 9.21 Å². The van der Waals surface area contributed by atoms with Gasteiger partial charge in [0.15, 0.2) is 6.54 Å². The van der Waals surface area contributed by atoms with Crippen molar-refractivity contribution in [2.24, 2.45) is 0 Å². The molecule has 0 atom stereocenters. The molecule has 1 amide bonds. The van der Waals surface area contributed by atoms with Gasteiger partial charge in [-0.2, -0.15) is 4.31 Å². The van der Waals surface area contributed by atoms with E-state index < -0.39 is 15.8 Å². The Morgan fingerprint density at radius 1 is 1.21 bits per heavy atom. The largest absolute Gasteiger partial charge is 0.332 e. The van der Waals surface area contributed by atoms with Gasteiger partial charge in [-0.15, -0.1) is 0 Å². The third-order valence-electron chi connectivity index (χ3n) is 6.08. The second-order valence-corrected chi connectivity index (χ2v) is 10.4. The number of rotatable bonds is 6. The first-order valence-corrected chi connectivity index (χ1v) is 12.1. The fourth-order valence-electron chi connectivity index (χ4n) is 4.57. The number of benzene rings is 1. The average molecular weight is 427 g/mol. The molecule has 1 aromatic rings. The summed E-state index contributed by atoms with van der Waals surface area (Å²) in [6.07, 6.45) is 5.79. The molecule has 1 aliphatic carbocycles. The van der Waals surface area contributed by atoms with Crippen molar-refractivity contribution >= 4 is 15.9 Å². The zero-order valence-electron chi connectivity index (χ0n) is 17.4. The van der Waals surface area contributed by atoms with Crippen LogP contribution in [0.25, 0.3) is 0 Å². The van der Waals surface area contributed by atoms with Gasteiger partial charge in [0, 0.05) is 12.1 Å². The lowest BCUT2D eigenvalue weighted by atomic mass is 9.93. The minimum absolute atomic E-state index is 0.0136. The highest BCUT2D eigenvalue weighted by molar-refractivity contribution is 7.89. The van der Waals surface area contributed by atoms with Gasteiger partial charge in [-0.05, 0) is 44.9 Å². The molecule has 3 rings (SSSR count). The number of halogens is 1. The lowest BCUT2D eigenvalue weighted by molar-refractivity contribution is -0.896. The van der Waals surface area contributed by atoms with Crippen molar-refractivity contribution < 1.29 is 22.5 Å². The Morgan fingerprint density at radius 3 is 2.45 bits per heavy atom. The fraction of sp³-hybridized carbons (Fsp3) is 0.667. The van der Waals surface area contributed by atoms with Crippen molar-refractivity contribution in [3.63, 3.8) is 0 Å². The maximum Gasteiger partial charge on any atom is 0.278 e. The van der Waals surface area contributed by atoms with Gasteiger partial charge in [0.1, 0.15) is 5.82 Å². The Hall–Kier alpha value is -1.51. The minimum Gasteiger partial charge on any atom is -0.332 e. The summed E-state index contributed by atoms with van der Waals surface area (Å²) in [6, 6.07) is 5.65. The van der Waals surface area contributed by atoms with Gasteiger partial charge in [-0.1, -0.05) is 25.3 Å². The molecule has 1 saturated carbocycles. The Balaban J connectivity index is 1.58. The number of amides is 1. The molecule has 2 fully saturated rings. The first-order chi connectivity index (χ1) is 13.8. The minimum atomic E-state index is -3.70. The monoisotopic (exact) mass is 426 g/mol. The molecule has 162 valence electrons. The molecule has 29 heavy (non-hydrogen) atoms. The van der Waals surface area contributed by atoms with E-state index in [1.54, 1.807) is 0 Å². The van der Waals surface area contributed by atoms with Crippen LogP contribution in [0.3, 0.4) is 0 Å². The highest BCUT2D eigenvalue weighted by atomic mass is 32.2. The van der Waals surface area contributed by atoms with E-state index in [0.29, 0.717) is 38.8 Å². The summed E-state index contributed by atoms with van der Waals surface area (Å²) in [5, 5.41) is 0. The first kappa shape index (κ1) is 22.2. The molecular weight excluding hydrogens is 393 g/mol. The molecule has 1 saturated heterocycles. The van der Waals surface area contributed by atoms with Crippen molar-refractivity contribution in [2.75, 3.05) is 32.7 Å². The van der Waals surface area contributed by atoms with Gasteiger partial charge in [-0.3, -0.25) is 4.79 Å². The van der Waals surface area contributed by atoms with Crippen molar-refractivity contribution in [3.8, 4) is 0 Å². The van der Waals surface area contributed by atoms with E-state index in [2.05, 4.69) is 18.7 Å².